The molecule has 0 saturated carbocycles. The first-order chi connectivity index (χ1) is 9.79. The molecule has 0 saturated heterocycles. The van der Waals surface area contributed by atoms with Crippen molar-refractivity contribution in [3.05, 3.63) is 42.7 Å². The fraction of sp³-hybridized carbons (Fsp3) is 0.133. The fourth-order valence-electron chi connectivity index (χ4n) is 2.35. The molecule has 3 aromatic rings. The summed E-state index contributed by atoms with van der Waals surface area (Å²) in [6.45, 7) is 1.18. The molecular formula is C15H14ClN3O2. The number of aromatic nitrogens is 2. The van der Waals surface area contributed by atoms with Gasteiger partial charge in [-0.1, -0.05) is 0 Å². The smallest absolute Gasteiger partial charge is 0.162 e. The van der Waals surface area contributed by atoms with Gasteiger partial charge in [0.25, 0.3) is 0 Å². The van der Waals surface area contributed by atoms with Gasteiger partial charge < -0.3 is 19.6 Å². The predicted molar refractivity (Wildman–Crippen MR) is 83.3 cm³/mol. The Bertz CT molecular complexity index is 801. The summed E-state index contributed by atoms with van der Waals surface area (Å²) in [5.41, 5.74) is 9.23. The number of ether oxygens (including phenoxy) is 2. The number of nitrogens with two attached hydrogens (primary N) is 1. The summed E-state index contributed by atoms with van der Waals surface area (Å²) in [6, 6.07) is 9.60. The maximum absolute atomic E-state index is 5.78. The van der Waals surface area contributed by atoms with Crippen LogP contribution in [0.1, 0.15) is 0 Å². The lowest BCUT2D eigenvalue weighted by molar-refractivity contribution is 0.171. The highest BCUT2D eigenvalue weighted by atomic mass is 35.5. The molecule has 2 N–H and O–H groups in total. The van der Waals surface area contributed by atoms with Gasteiger partial charge in [0, 0.05) is 23.6 Å². The van der Waals surface area contributed by atoms with Crippen LogP contribution in [0, 0.1) is 0 Å². The number of pyridine rings is 1. The first-order valence-corrected chi connectivity index (χ1v) is 6.44. The molecule has 0 amide bonds. The lowest BCUT2D eigenvalue weighted by Crippen LogP contribution is -2.15. The summed E-state index contributed by atoms with van der Waals surface area (Å²) in [6.07, 6.45) is 3.81. The van der Waals surface area contributed by atoms with E-state index in [0.29, 0.717) is 18.9 Å². The van der Waals surface area contributed by atoms with E-state index >= 15 is 0 Å². The molecule has 6 heteroatoms. The highest BCUT2D eigenvalue weighted by Gasteiger charge is 2.13. The van der Waals surface area contributed by atoms with E-state index in [-0.39, 0.29) is 12.4 Å². The van der Waals surface area contributed by atoms with Crippen molar-refractivity contribution in [2.45, 2.75) is 0 Å². The Labute approximate surface area is 127 Å². The molecule has 1 aliphatic rings. The van der Waals surface area contributed by atoms with Crippen molar-refractivity contribution in [1.82, 2.24) is 9.38 Å². The van der Waals surface area contributed by atoms with Crippen LogP contribution in [0.3, 0.4) is 0 Å². The standard InChI is InChI=1S/C15H13N3O2.ClH/c16-11-2-4-15-17-12(9-18(15)8-11)10-1-3-13-14(7-10)20-6-5-19-13;/h1-4,7-9H,5-6,16H2;1H. The second kappa shape index (κ2) is 5.18. The topological polar surface area (TPSA) is 61.8 Å². The van der Waals surface area contributed by atoms with Crippen LogP contribution in [0.4, 0.5) is 5.69 Å². The van der Waals surface area contributed by atoms with Gasteiger partial charge >= 0.3 is 0 Å². The SMILES string of the molecule is Cl.Nc1ccc2nc(-c3ccc4c(c3)OCCO4)cn2c1. The Kier molecular flexibility index (Phi) is 3.35. The zero-order chi connectivity index (χ0) is 13.5. The van der Waals surface area contributed by atoms with Crippen molar-refractivity contribution in [2.75, 3.05) is 18.9 Å². The van der Waals surface area contributed by atoms with Crippen LogP contribution in [0.15, 0.2) is 42.7 Å². The van der Waals surface area contributed by atoms with E-state index in [1.165, 1.54) is 0 Å². The third-order valence-corrected chi connectivity index (χ3v) is 3.31. The zero-order valence-electron chi connectivity index (χ0n) is 11.2. The number of benzene rings is 1. The van der Waals surface area contributed by atoms with Crippen molar-refractivity contribution in [2.24, 2.45) is 0 Å². The van der Waals surface area contributed by atoms with Gasteiger partial charge in [-0.05, 0) is 30.3 Å². The monoisotopic (exact) mass is 303 g/mol. The van der Waals surface area contributed by atoms with E-state index in [4.69, 9.17) is 15.2 Å². The first kappa shape index (κ1) is 13.6. The Morgan fingerprint density at radius 1 is 1.00 bits per heavy atom. The number of fused-ring (bicyclic) bond motifs is 2. The van der Waals surface area contributed by atoms with Crippen LogP contribution in [-0.2, 0) is 0 Å². The van der Waals surface area contributed by atoms with Crippen LogP contribution < -0.4 is 15.2 Å². The quantitative estimate of drug-likeness (QED) is 0.751. The summed E-state index contributed by atoms with van der Waals surface area (Å²) in [5.74, 6) is 1.55. The van der Waals surface area contributed by atoms with Crippen LogP contribution in [0.5, 0.6) is 11.5 Å². The number of hydrogen-bond donors (Lipinski definition) is 1. The highest BCUT2D eigenvalue weighted by Crippen LogP contribution is 2.34. The number of halogens is 1. The maximum atomic E-state index is 5.78. The average molecular weight is 304 g/mol. The minimum atomic E-state index is 0. The Hall–Kier alpha value is -2.40. The van der Waals surface area contributed by atoms with Crippen molar-refractivity contribution in [3.63, 3.8) is 0 Å². The van der Waals surface area contributed by atoms with Gasteiger partial charge in [0.2, 0.25) is 0 Å². The lowest BCUT2D eigenvalue weighted by atomic mass is 10.1. The Morgan fingerprint density at radius 3 is 2.67 bits per heavy atom. The molecular weight excluding hydrogens is 290 g/mol. The molecule has 0 atom stereocenters. The zero-order valence-corrected chi connectivity index (χ0v) is 12.0. The number of nitrogen functional groups attached to an aromatic ring is 1. The van der Waals surface area contributed by atoms with Gasteiger partial charge in [0.1, 0.15) is 18.9 Å². The van der Waals surface area contributed by atoms with Gasteiger partial charge in [0.15, 0.2) is 11.5 Å². The van der Waals surface area contributed by atoms with E-state index < -0.39 is 0 Å². The minimum Gasteiger partial charge on any atom is -0.486 e. The molecule has 1 aliphatic heterocycles. The van der Waals surface area contributed by atoms with Gasteiger partial charge in [-0.2, -0.15) is 0 Å². The number of rotatable bonds is 1. The first-order valence-electron chi connectivity index (χ1n) is 6.44. The molecule has 2 aromatic heterocycles. The van der Waals surface area contributed by atoms with E-state index in [2.05, 4.69) is 4.98 Å². The Balaban J connectivity index is 0.00000132. The number of anilines is 1. The van der Waals surface area contributed by atoms with Gasteiger partial charge in [-0.3, -0.25) is 0 Å². The van der Waals surface area contributed by atoms with Crippen LogP contribution >= 0.6 is 12.4 Å². The third-order valence-electron chi connectivity index (χ3n) is 3.31. The summed E-state index contributed by atoms with van der Waals surface area (Å²) in [5, 5.41) is 0. The summed E-state index contributed by atoms with van der Waals surface area (Å²) >= 11 is 0. The van der Waals surface area contributed by atoms with E-state index in [0.717, 1.165) is 28.4 Å². The minimum absolute atomic E-state index is 0. The molecule has 0 fully saturated rings. The van der Waals surface area contributed by atoms with Crippen molar-refractivity contribution in [3.8, 4) is 22.8 Å². The molecule has 108 valence electrons. The maximum Gasteiger partial charge on any atom is 0.162 e. The number of nitrogens with zero attached hydrogens (tertiary/aromatic N) is 2. The van der Waals surface area contributed by atoms with Crippen molar-refractivity contribution < 1.29 is 9.47 Å². The van der Waals surface area contributed by atoms with Crippen LogP contribution in [0.25, 0.3) is 16.9 Å². The molecule has 0 bridgehead atoms. The molecule has 0 aliphatic carbocycles. The van der Waals surface area contributed by atoms with E-state index in [1.54, 1.807) is 0 Å². The van der Waals surface area contributed by atoms with Gasteiger partial charge in [-0.15, -0.1) is 12.4 Å². The number of hydrogen-bond acceptors (Lipinski definition) is 4. The molecule has 3 heterocycles. The predicted octanol–water partition coefficient (Wildman–Crippen LogP) is 2.78. The Morgan fingerprint density at radius 2 is 1.81 bits per heavy atom. The lowest BCUT2D eigenvalue weighted by Gasteiger charge is -2.18. The molecule has 0 radical (unpaired) electrons. The molecule has 0 spiro atoms. The van der Waals surface area contributed by atoms with Crippen molar-refractivity contribution in [1.29, 1.82) is 0 Å². The highest BCUT2D eigenvalue weighted by molar-refractivity contribution is 5.85. The van der Waals surface area contributed by atoms with Crippen LogP contribution in [-0.4, -0.2) is 22.6 Å². The summed E-state index contributed by atoms with van der Waals surface area (Å²) in [7, 11) is 0. The van der Waals surface area contributed by atoms with E-state index in [9.17, 15) is 0 Å². The van der Waals surface area contributed by atoms with Crippen LogP contribution in [0.2, 0.25) is 0 Å². The van der Waals surface area contributed by atoms with Crippen molar-refractivity contribution >= 4 is 23.7 Å². The largest absolute Gasteiger partial charge is 0.486 e. The van der Waals surface area contributed by atoms with E-state index in [1.807, 2.05) is 47.1 Å². The molecule has 1 aromatic carbocycles. The molecule has 4 rings (SSSR count). The normalized spacial score (nSPS) is 13.0. The second-order valence-electron chi connectivity index (χ2n) is 4.71. The summed E-state index contributed by atoms with van der Waals surface area (Å²) < 4.78 is 13.0. The number of imidazole rings is 1. The molecule has 5 nitrogen and oxygen atoms in total. The van der Waals surface area contributed by atoms with Gasteiger partial charge in [-0.25, -0.2) is 4.98 Å². The molecule has 21 heavy (non-hydrogen) atoms. The fourth-order valence-corrected chi connectivity index (χ4v) is 2.35. The summed E-state index contributed by atoms with van der Waals surface area (Å²) in [4.78, 5) is 4.58. The molecule has 0 unspecified atom stereocenters. The average Bonchev–Trinajstić information content (AvgIpc) is 2.89. The second-order valence-corrected chi connectivity index (χ2v) is 4.71. The third kappa shape index (κ3) is 2.36. The van der Waals surface area contributed by atoms with Gasteiger partial charge in [0.05, 0.1) is 5.69 Å².